The first-order valence-electron chi connectivity index (χ1n) is 10.6. The lowest BCUT2D eigenvalue weighted by Crippen LogP contribution is -2.57. The van der Waals surface area contributed by atoms with Gasteiger partial charge in [0, 0.05) is 65.3 Å². The fraction of sp³-hybridized carbons (Fsp3) is 0.600. The van der Waals surface area contributed by atoms with E-state index in [0.29, 0.717) is 50.7 Å². The van der Waals surface area contributed by atoms with Gasteiger partial charge in [0.25, 0.3) is 16.1 Å². The molecule has 0 radical (unpaired) electrons. The lowest BCUT2D eigenvalue weighted by Gasteiger charge is -2.39. The largest absolute Gasteiger partial charge is 0.482 e. The van der Waals surface area contributed by atoms with Crippen LogP contribution in [0.15, 0.2) is 24.3 Å². The number of carbonyl (C=O) groups excluding carboxylic acids is 2. The second-order valence-corrected chi connectivity index (χ2v) is 9.97. The second-order valence-electron chi connectivity index (χ2n) is 8.04. The molecule has 0 aromatic heterocycles. The predicted octanol–water partition coefficient (Wildman–Crippen LogP) is -0.561. The maximum atomic E-state index is 12.9. The zero-order chi connectivity index (χ0) is 22.0. The highest BCUT2D eigenvalue weighted by Gasteiger charge is 2.35. The molecule has 1 aromatic rings. The Labute approximate surface area is 183 Å². The number of rotatable bonds is 5. The van der Waals surface area contributed by atoms with Gasteiger partial charge in [-0.25, -0.2) is 0 Å². The number of carbonyl (C=O) groups is 2. The molecule has 170 valence electrons. The van der Waals surface area contributed by atoms with Crippen LogP contribution in [0.1, 0.15) is 6.42 Å². The van der Waals surface area contributed by atoms with E-state index in [-0.39, 0.29) is 31.4 Å². The molecule has 1 aromatic carbocycles. The van der Waals surface area contributed by atoms with E-state index in [4.69, 9.17) is 4.74 Å². The third-order valence-corrected chi connectivity index (χ3v) is 8.10. The lowest BCUT2D eigenvalue weighted by molar-refractivity contribution is -0.132. The SMILES string of the molecule is CN1CCN(S(=O)(=O)N2CCN(C(=O)CCN3C(=O)COc4ccccc43)CC2)CC1. The minimum atomic E-state index is -3.49. The van der Waals surface area contributed by atoms with E-state index in [9.17, 15) is 18.0 Å². The van der Waals surface area contributed by atoms with Crippen LogP contribution in [0.2, 0.25) is 0 Å². The zero-order valence-corrected chi connectivity index (χ0v) is 18.6. The van der Waals surface area contributed by atoms with Crippen molar-refractivity contribution < 1.29 is 22.7 Å². The van der Waals surface area contributed by atoms with E-state index in [2.05, 4.69) is 4.90 Å². The summed E-state index contributed by atoms with van der Waals surface area (Å²) in [5.41, 5.74) is 0.676. The normalized spacial score (nSPS) is 21.6. The van der Waals surface area contributed by atoms with Gasteiger partial charge in [0.2, 0.25) is 5.91 Å². The molecule has 31 heavy (non-hydrogen) atoms. The summed E-state index contributed by atoms with van der Waals surface area (Å²) in [6.07, 6.45) is 0.186. The van der Waals surface area contributed by atoms with Gasteiger partial charge in [0.15, 0.2) is 6.61 Å². The van der Waals surface area contributed by atoms with Crippen LogP contribution in [0.3, 0.4) is 0 Å². The molecule has 10 nitrogen and oxygen atoms in total. The first kappa shape index (κ1) is 22.0. The van der Waals surface area contributed by atoms with Crippen LogP contribution in [-0.2, 0) is 19.8 Å². The van der Waals surface area contributed by atoms with Gasteiger partial charge in [0.1, 0.15) is 5.75 Å². The van der Waals surface area contributed by atoms with E-state index >= 15 is 0 Å². The Balaban J connectivity index is 1.29. The number of anilines is 1. The van der Waals surface area contributed by atoms with Crippen molar-refractivity contribution in [2.45, 2.75) is 6.42 Å². The second kappa shape index (κ2) is 9.11. The summed E-state index contributed by atoms with van der Waals surface area (Å²) in [7, 11) is -1.51. The van der Waals surface area contributed by atoms with Crippen molar-refractivity contribution in [3.05, 3.63) is 24.3 Å². The van der Waals surface area contributed by atoms with Crippen LogP contribution < -0.4 is 9.64 Å². The van der Waals surface area contributed by atoms with Gasteiger partial charge >= 0.3 is 0 Å². The molecule has 2 fully saturated rings. The summed E-state index contributed by atoms with van der Waals surface area (Å²) in [6.45, 7) is 3.98. The molecule has 11 heteroatoms. The Morgan fingerprint density at radius 1 is 0.968 bits per heavy atom. The van der Waals surface area contributed by atoms with Crippen molar-refractivity contribution in [2.75, 3.05) is 77.5 Å². The molecule has 0 N–H and O–H groups in total. The van der Waals surface area contributed by atoms with Crippen molar-refractivity contribution in [3.8, 4) is 5.75 Å². The summed E-state index contributed by atoms with van der Waals surface area (Å²) in [5, 5.41) is 0. The van der Waals surface area contributed by atoms with Gasteiger partial charge in [-0.3, -0.25) is 9.59 Å². The van der Waals surface area contributed by atoms with E-state index < -0.39 is 10.2 Å². The van der Waals surface area contributed by atoms with E-state index in [1.807, 2.05) is 19.2 Å². The van der Waals surface area contributed by atoms with Crippen molar-refractivity contribution in [1.29, 1.82) is 0 Å². The molecule has 3 aliphatic heterocycles. The number of benzene rings is 1. The van der Waals surface area contributed by atoms with Gasteiger partial charge in [-0.1, -0.05) is 12.1 Å². The number of nitrogens with zero attached hydrogens (tertiary/aromatic N) is 5. The average molecular weight is 452 g/mol. The average Bonchev–Trinajstić information content (AvgIpc) is 2.78. The first-order chi connectivity index (χ1) is 14.9. The molecule has 3 aliphatic rings. The minimum Gasteiger partial charge on any atom is -0.482 e. The summed E-state index contributed by atoms with van der Waals surface area (Å²) < 4.78 is 34.2. The number of hydrogen-bond acceptors (Lipinski definition) is 6. The van der Waals surface area contributed by atoms with Gasteiger partial charge in [-0.05, 0) is 19.2 Å². The maximum absolute atomic E-state index is 12.9. The van der Waals surface area contributed by atoms with Crippen LogP contribution in [-0.4, -0.2) is 111 Å². The summed E-state index contributed by atoms with van der Waals surface area (Å²) in [5.74, 6) is 0.389. The van der Waals surface area contributed by atoms with Crippen LogP contribution >= 0.6 is 0 Å². The van der Waals surface area contributed by atoms with Crippen molar-refractivity contribution >= 4 is 27.7 Å². The van der Waals surface area contributed by atoms with Crippen LogP contribution in [0.5, 0.6) is 5.75 Å². The Hall–Kier alpha value is -2.21. The molecular weight excluding hydrogens is 422 g/mol. The quantitative estimate of drug-likeness (QED) is 0.596. The molecule has 0 saturated carbocycles. The zero-order valence-electron chi connectivity index (χ0n) is 17.8. The Morgan fingerprint density at radius 3 is 2.26 bits per heavy atom. The molecular formula is C20H29N5O5S. The fourth-order valence-corrected chi connectivity index (χ4v) is 5.69. The van der Waals surface area contributed by atoms with Crippen LogP contribution in [0, 0.1) is 0 Å². The standard InChI is InChI=1S/C20H29N5O5S/c1-21-8-12-23(13-9-21)31(28,29)24-14-10-22(11-15-24)19(26)6-7-25-17-4-2-3-5-18(17)30-16-20(25)27/h2-5H,6-16H2,1H3. The topological polar surface area (TPSA) is 93.7 Å². The van der Waals surface area contributed by atoms with Gasteiger partial charge in [0.05, 0.1) is 5.69 Å². The molecule has 0 unspecified atom stereocenters. The smallest absolute Gasteiger partial charge is 0.282 e. The first-order valence-corrected chi connectivity index (χ1v) is 12.0. The third-order valence-electron chi connectivity index (χ3n) is 6.06. The number of para-hydroxylation sites is 2. The van der Waals surface area contributed by atoms with Gasteiger partial charge < -0.3 is 19.4 Å². The number of hydrogen-bond donors (Lipinski definition) is 0. The highest BCUT2D eigenvalue weighted by Crippen LogP contribution is 2.31. The Kier molecular flexibility index (Phi) is 6.47. The molecule has 0 aliphatic carbocycles. The third kappa shape index (κ3) is 4.69. The van der Waals surface area contributed by atoms with Gasteiger partial charge in [-0.15, -0.1) is 0 Å². The van der Waals surface area contributed by atoms with Crippen molar-refractivity contribution in [3.63, 3.8) is 0 Å². The number of fused-ring (bicyclic) bond motifs is 1. The summed E-state index contributed by atoms with van der Waals surface area (Å²) in [4.78, 5) is 30.4. The predicted molar refractivity (Wildman–Crippen MR) is 115 cm³/mol. The molecule has 0 spiro atoms. The number of likely N-dealkylation sites (N-methyl/N-ethyl adjacent to an activating group) is 1. The molecule has 0 atom stereocenters. The summed E-state index contributed by atoms with van der Waals surface area (Å²) >= 11 is 0. The van der Waals surface area contributed by atoms with Gasteiger partial charge in [-0.2, -0.15) is 17.0 Å². The van der Waals surface area contributed by atoms with Crippen LogP contribution in [0.4, 0.5) is 5.69 Å². The fourth-order valence-electron chi connectivity index (χ4n) is 4.12. The molecule has 2 amide bonds. The minimum absolute atomic E-state index is 0.0337. The van der Waals surface area contributed by atoms with E-state index in [0.717, 1.165) is 13.1 Å². The lowest BCUT2D eigenvalue weighted by atomic mass is 10.2. The highest BCUT2D eigenvalue weighted by atomic mass is 32.2. The monoisotopic (exact) mass is 451 g/mol. The molecule has 4 rings (SSSR count). The Bertz CT molecular complexity index is 924. The van der Waals surface area contributed by atoms with Crippen molar-refractivity contribution in [1.82, 2.24) is 18.4 Å². The Morgan fingerprint density at radius 2 is 1.58 bits per heavy atom. The van der Waals surface area contributed by atoms with E-state index in [1.165, 1.54) is 8.61 Å². The number of ether oxygens (including phenoxy) is 1. The highest BCUT2D eigenvalue weighted by molar-refractivity contribution is 7.86. The van der Waals surface area contributed by atoms with Crippen molar-refractivity contribution in [2.24, 2.45) is 0 Å². The number of amides is 2. The molecule has 3 heterocycles. The maximum Gasteiger partial charge on any atom is 0.282 e. The van der Waals surface area contributed by atoms with Crippen LogP contribution in [0.25, 0.3) is 0 Å². The molecule has 2 saturated heterocycles. The number of piperazine rings is 2. The molecule has 0 bridgehead atoms. The summed E-state index contributed by atoms with van der Waals surface area (Å²) in [6, 6.07) is 7.28. The van der Waals surface area contributed by atoms with E-state index in [1.54, 1.807) is 21.9 Å².